The molecule has 0 atom stereocenters. The number of halogens is 1. The molecule has 1 saturated heterocycles. The molecule has 3 rings (SSSR count). The molecule has 0 amide bonds. The Kier molecular flexibility index (Phi) is 3.71. The summed E-state index contributed by atoms with van der Waals surface area (Å²) < 4.78 is 0. The number of hydrogen-bond donors (Lipinski definition) is 0. The first-order valence-corrected chi connectivity index (χ1v) is 7.31. The van der Waals surface area contributed by atoms with Crippen LogP contribution in [0.15, 0.2) is 18.3 Å². The summed E-state index contributed by atoms with van der Waals surface area (Å²) in [5.74, 6) is 0. The van der Waals surface area contributed by atoms with Gasteiger partial charge in [0.1, 0.15) is 5.15 Å². The number of pyridine rings is 1. The molecule has 2 fully saturated rings. The third-order valence-corrected chi connectivity index (χ3v) is 4.44. The van der Waals surface area contributed by atoms with Crippen molar-refractivity contribution in [2.75, 3.05) is 31.1 Å². The topological polar surface area (TPSA) is 19.4 Å². The molecule has 2 aliphatic rings. The zero-order valence-corrected chi connectivity index (χ0v) is 11.4. The number of aromatic nitrogens is 1. The first-order valence-electron chi connectivity index (χ1n) is 6.93. The molecule has 3 nitrogen and oxygen atoms in total. The van der Waals surface area contributed by atoms with E-state index in [0.29, 0.717) is 5.15 Å². The fraction of sp³-hybridized carbons (Fsp3) is 0.643. The number of rotatable bonds is 2. The molecule has 4 heteroatoms. The summed E-state index contributed by atoms with van der Waals surface area (Å²) in [6.07, 6.45) is 7.44. The van der Waals surface area contributed by atoms with Gasteiger partial charge in [-0.25, -0.2) is 4.98 Å². The molecule has 1 saturated carbocycles. The normalized spacial score (nSPS) is 22.6. The average molecular weight is 266 g/mol. The standard InChI is InChI=1S/C14H20ClN3/c15-14-11-13(5-6-16-14)18-9-7-17(8-10-18)12-3-1-2-4-12/h5-6,11-12H,1-4,7-10H2. The minimum atomic E-state index is 0.589. The molecule has 2 heterocycles. The molecular formula is C14H20ClN3. The highest BCUT2D eigenvalue weighted by atomic mass is 35.5. The summed E-state index contributed by atoms with van der Waals surface area (Å²) in [6, 6.07) is 4.87. The van der Waals surface area contributed by atoms with Crippen LogP contribution in [-0.4, -0.2) is 42.1 Å². The molecule has 1 aliphatic carbocycles. The summed E-state index contributed by atoms with van der Waals surface area (Å²) in [6.45, 7) is 4.59. The summed E-state index contributed by atoms with van der Waals surface area (Å²) in [5.41, 5.74) is 1.21. The third-order valence-electron chi connectivity index (χ3n) is 4.23. The Morgan fingerprint density at radius 1 is 1.11 bits per heavy atom. The molecule has 0 aromatic carbocycles. The van der Waals surface area contributed by atoms with Crippen molar-refractivity contribution in [3.05, 3.63) is 23.5 Å². The average Bonchev–Trinajstić information content (AvgIpc) is 2.93. The smallest absolute Gasteiger partial charge is 0.131 e. The van der Waals surface area contributed by atoms with Gasteiger partial charge in [0.15, 0.2) is 0 Å². The van der Waals surface area contributed by atoms with Crippen LogP contribution in [0, 0.1) is 0 Å². The SMILES string of the molecule is Clc1cc(N2CCN(C3CCCC3)CC2)ccn1. The molecule has 98 valence electrons. The van der Waals surface area contributed by atoms with Gasteiger partial charge >= 0.3 is 0 Å². The van der Waals surface area contributed by atoms with E-state index in [1.54, 1.807) is 6.20 Å². The van der Waals surface area contributed by atoms with Gasteiger partial charge in [-0.1, -0.05) is 24.4 Å². The maximum absolute atomic E-state index is 5.95. The highest BCUT2D eigenvalue weighted by molar-refractivity contribution is 6.29. The van der Waals surface area contributed by atoms with Gasteiger partial charge in [-0.15, -0.1) is 0 Å². The third kappa shape index (κ3) is 2.62. The van der Waals surface area contributed by atoms with Gasteiger partial charge in [0, 0.05) is 44.1 Å². The molecule has 0 bridgehead atoms. The Bertz CT molecular complexity index is 396. The molecule has 0 unspecified atom stereocenters. The van der Waals surface area contributed by atoms with Crippen molar-refractivity contribution in [3.8, 4) is 0 Å². The predicted molar refractivity (Wildman–Crippen MR) is 75.3 cm³/mol. The second-order valence-electron chi connectivity index (χ2n) is 5.30. The van der Waals surface area contributed by atoms with Crippen LogP contribution in [0.1, 0.15) is 25.7 Å². The Labute approximate surface area is 114 Å². The van der Waals surface area contributed by atoms with E-state index in [-0.39, 0.29) is 0 Å². The Hall–Kier alpha value is -0.800. The van der Waals surface area contributed by atoms with Crippen LogP contribution in [0.3, 0.4) is 0 Å². The lowest BCUT2D eigenvalue weighted by molar-refractivity contribution is 0.187. The Morgan fingerprint density at radius 3 is 2.50 bits per heavy atom. The zero-order chi connectivity index (χ0) is 12.4. The van der Waals surface area contributed by atoms with Gasteiger partial charge in [-0.05, 0) is 25.0 Å². The maximum atomic E-state index is 5.95. The molecule has 0 N–H and O–H groups in total. The largest absolute Gasteiger partial charge is 0.369 e. The Balaban J connectivity index is 1.59. The first-order chi connectivity index (χ1) is 8.83. The lowest BCUT2D eigenvalue weighted by Gasteiger charge is -2.39. The molecule has 0 spiro atoms. The summed E-state index contributed by atoms with van der Waals surface area (Å²) in [5, 5.41) is 0.589. The van der Waals surface area contributed by atoms with Gasteiger partial charge < -0.3 is 4.90 Å². The van der Waals surface area contributed by atoms with Crippen molar-refractivity contribution < 1.29 is 0 Å². The van der Waals surface area contributed by atoms with E-state index in [1.807, 2.05) is 6.07 Å². The minimum Gasteiger partial charge on any atom is -0.369 e. The van der Waals surface area contributed by atoms with E-state index >= 15 is 0 Å². The van der Waals surface area contributed by atoms with Crippen LogP contribution in [0.4, 0.5) is 5.69 Å². The molecular weight excluding hydrogens is 246 g/mol. The Morgan fingerprint density at radius 2 is 1.83 bits per heavy atom. The molecule has 1 aromatic heterocycles. The zero-order valence-electron chi connectivity index (χ0n) is 10.7. The summed E-state index contributed by atoms with van der Waals surface area (Å²) in [7, 11) is 0. The van der Waals surface area contributed by atoms with E-state index < -0.39 is 0 Å². The monoisotopic (exact) mass is 265 g/mol. The number of anilines is 1. The van der Waals surface area contributed by atoms with Crippen molar-refractivity contribution in [1.29, 1.82) is 0 Å². The molecule has 1 aromatic rings. The number of piperazine rings is 1. The van der Waals surface area contributed by atoms with Crippen LogP contribution >= 0.6 is 11.6 Å². The predicted octanol–water partition coefficient (Wildman–Crippen LogP) is 2.80. The molecule has 0 radical (unpaired) electrons. The van der Waals surface area contributed by atoms with Crippen molar-refractivity contribution in [2.45, 2.75) is 31.7 Å². The van der Waals surface area contributed by atoms with Crippen LogP contribution in [0.5, 0.6) is 0 Å². The van der Waals surface area contributed by atoms with E-state index in [9.17, 15) is 0 Å². The number of hydrogen-bond acceptors (Lipinski definition) is 3. The fourth-order valence-electron chi connectivity index (χ4n) is 3.20. The number of nitrogens with zero attached hydrogens (tertiary/aromatic N) is 3. The van der Waals surface area contributed by atoms with Gasteiger partial charge in [-0.2, -0.15) is 0 Å². The second-order valence-corrected chi connectivity index (χ2v) is 5.69. The van der Waals surface area contributed by atoms with Crippen molar-refractivity contribution >= 4 is 17.3 Å². The van der Waals surface area contributed by atoms with E-state index in [4.69, 9.17) is 11.6 Å². The van der Waals surface area contributed by atoms with E-state index in [1.165, 1.54) is 44.5 Å². The lowest BCUT2D eigenvalue weighted by Crippen LogP contribution is -2.49. The quantitative estimate of drug-likeness (QED) is 0.767. The highest BCUT2D eigenvalue weighted by Crippen LogP contribution is 2.26. The van der Waals surface area contributed by atoms with E-state index in [0.717, 1.165) is 19.1 Å². The van der Waals surface area contributed by atoms with E-state index in [2.05, 4.69) is 20.9 Å². The first kappa shape index (κ1) is 12.2. The van der Waals surface area contributed by atoms with Crippen molar-refractivity contribution in [1.82, 2.24) is 9.88 Å². The van der Waals surface area contributed by atoms with Crippen LogP contribution in [0.2, 0.25) is 5.15 Å². The maximum Gasteiger partial charge on any atom is 0.131 e. The van der Waals surface area contributed by atoms with Gasteiger partial charge in [0.25, 0.3) is 0 Å². The lowest BCUT2D eigenvalue weighted by atomic mass is 10.1. The highest BCUT2D eigenvalue weighted by Gasteiger charge is 2.26. The van der Waals surface area contributed by atoms with Gasteiger partial charge in [-0.3, -0.25) is 4.90 Å². The summed E-state index contributed by atoms with van der Waals surface area (Å²) >= 11 is 5.95. The van der Waals surface area contributed by atoms with Crippen molar-refractivity contribution in [2.24, 2.45) is 0 Å². The van der Waals surface area contributed by atoms with Gasteiger partial charge in [0.05, 0.1) is 0 Å². The second kappa shape index (κ2) is 5.45. The van der Waals surface area contributed by atoms with Crippen LogP contribution < -0.4 is 4.90 Å². The molecule has 1 aliphatic heterocycles. The van der Waals surface area contributed by atoms with Crippen LogP contribution in [0.25, 0.3) is 0 Å². The minimum absolute atomic E-state index is 0.589. The van der Waals surface area contributed by atoms with Crippen LogP contribution in [-0.2, 0) is 0 Å². The van der Waals surface area contributed by atoms with Gasteiger partial charge in [0.2, 0.25) is 0 Å². The molecule has 18 heavy (non-hydrogen) atoms. The fourth-order valence-corrected chi connectivity index (χ4v) is 3.37. The van der Waals surface area contributed by atoms with Crippen molar-refractivity contribution in [3.63, 3.8) is 0 Å². The summed E-state index contributed by atoms with van der Waals surface area (Å²) in [4.78, 5) is 9.13.